The lowest BCUT2D eigenvalue weighted by molar-refractivity contribution is -0.114. The molecular formula is C20H19N3O2. The van der Waals surface area contributed by atoms with Crippen molar-refractivity contribution in [2.75, 3.05) is 0 Å². The van der Waals surface area contributed by atoms with Crippen LogP contribution < -0.4 is 5.73 Å². The van der Waals surface area contributed by atoms with E-state index in [-0.39, 0.29) is 5.78 Å². The molecule has 126 valence electrons. The molecule has 0 saturated heterocycles. The Kier molecular flexibility index (Phi) is 3.71. The quantitative estimate of drug-likeness (QED) is 0.936. The number of amides is 1. The number of carbonyl (C=O) groups is 2. The summed E-state index contributed by atoms with van der Waals surface area (Å²) in [6, 6.07) is 7.21. The largest absolute Gasteiger partial charge is 0.366 e. The molecule has 0 saturated carbocycles. The zero-order valence-corrected chi connectivity index (χ0v) is 14.1. The van der Waals surface area contributed by atoms with E-state index in [0.717, 1.165) is 47.4 Å². The summed E-state index contributed by atoms with van der Waals surface area (Å²) in [6.45, 7) is 1.86. The van der Waals surface area contributed by atoms with Gasteiger partial charge in [0.2, 0.25) is 5.91 Å². The highest BCUT2D eigenvalue weighted by atomic mass is 16.1. The third-order valence-corrected chi connectivity index (χ3v) is 5.12. The predicted octanol–water partition coefficient (Wildman–Crippen LogP) is 2.87. The second kappa shape index (κ2) is 5.92. The SMILES string of the molecule is CC1=C(c2nc3c(c(-c4ccc(C(N)=O)cc4)n2)CCC3)CCC1=O. The van der Waals surface area contributed by atoms with Crippen LogP contribution in [0.4, 0.5) is 0 Å². The van der Waals surface area contributed by atoms with Crippen LogP contribution in [0.5, 0.6) is 0 Å². The molecule has 1 amide bonds. The number of rotatable bonds is 3. The minimum atomic E-state index is -0.439. The van der Waals surface area contributed by atoms with Gasteiger partial charge in [-0.15, -0.1) is 0 Å². The van der Waals surface area contributed by atoms with E-state index in [1.54, 1.807) is 12.1 Å². The molecule has 2 N–H and O–H groups in total. The van der Waals surface area contributed by atoms with Gasteiger partial charge in [0.05, 0.1) is 5.69 Å². The smallest absolute Gasteiger partial charge is 0.248 e. The van der Waals surface area contributed by atoms with Gasteiger partial charge in [0.1, 0.15) is 0 Å². The van der Waals surface area contributed by atoms with Gasteiger partial charge in [-0.2, -0.15) is 0 Å². The number of nitrogens with zero attached hydrogens (tertiary/aromatic N) is 2. The van der Waals surface area contributed by atoms with Gasteiger partial charge in [0, 0.05) is 34.4 Å². The first kappa shape index (κ1) is 15.7. The molecule has 0 fully saturated rings. The molecule has 0 radical (unpaired) electrons. The number of Topliss-reactive ketones (excluding diaryl/α,β-unsaturated/α-hetero) is 1. The molecule has 2 aliphatic rings. The number of nitrogens with two attached hydrogens (primary N) is 1. The number of primary amides is 1. The van der Waals surface area contributed by atoms with Crippen LogP contribution in [0, 0.1) is 0 Å². The van der Waals surface area contributed by atoms with Gasteiger partial charge in [-0.3, -0.25) is 9.59 Å². The number of benzene rings is 1. The van der Waals surface area contributed by atoms with Gasteiger partial charge >= 0.3 is 0 Å². The van der Waals surface area contributed by atoms with Crippen molar-refractivity contribution in [1.29, 1.82) is 0 Å². The van der Waals surface area contributed by atoms with Crippen molar-refractivity contribution in [2.24, 2.45) is 5.73 Å². The first-order chi connectivity index (χ1) is 12.0. The second-order valence-electron chi connectivity index (χ2n) is 6.64. The van der Waals surface area contributed by atoms with Crippen LogP contribution in [-0.2, 0) is 17.6 Å². The summed E-state index contributed by atoms with van der Waals surface area (Å²) in [5, 5.41) is 0. The number of aromatic nitrogens is 2. The molecular weight excluding hydrogens is 314 g/mol. The summed E-state index contributed by atoms with van der Waals surface area (Å²) >= 11 is 0. The molecule has 1 aromatic heterocycles. The lowest BCUT2D eigenvalue weighted by Gasteiger charge is -2.12. The highest BCUT2D eigenvalue weighted by Crippen LogP contribution is 2.35. The Labute approximate surface area is 146 Å². The van der Waals surface area contributed by atoms with E-state index >= 15 is 0 Å². The van der Waals surface area contributed by atoms with E-state index in [1.165, 1.54) is 5.56 Å². The maximum Gasteiger partial charge on any atom is 0.248 e. The molecule has 2 aromatic rings. The third kappa shape index (κ3) is 2.65. The highest BCUT2D eigenvalue weighted by Gasteiger charge is 2.26. The Morgan fingerprint density at radius 1 is 1.04 bits per heavy atom. The van der Waals surface area contributed by atoms with E-state index < -0.39 is 5.91 Å². The molecule has 1 heterocycles. The Bertz CT molecular complexity index is 927. The first-order valence-corrected chi connectivity index (χ1v) is 8.58. The van der Waals surface area contributed by atoms with Crippen molar-refractivity contribution < 1.29 is 9.59 Å². The van der Waals surface area contributed by atoms with E-state index in [1.807, 2.05) is 19.1 Å². The predicted molar refractivity (Wildman–Crippen MR) is 94.8 cm³/mol. The summed E-state index contributed by atoms with van der Waals surface area (Å²) in [7, 11) is 0. The number of carbonyl (C=O) groups excluding carboxylic acids is 2. The normalized spacial score (nSPS) is 16.4. The second-order valence-corrected chi connectivity index (χ2v) is 6.64. The minimum Gasteiger partial charge on any atom is -0.366 e. The molecule has 2 aliphatic carbocycles. The Hall–Kier alpha value is -2.82. The van der Waals surface area contributed by atoms with Gasteiger partial charge in [0.15, 0.2) is 11.6 Å². The number of allylic oxidation sites excluding steroid dienone is 2. The lowest BCUT2D eigenvalue weighted by atomic mass is 10.0. The van der Waals surface area contributed by atoms with Gasteiger partial charge in [0.25, 0.3) is 0 Å². The number of aryl methyl sites for hydroxylation is 1. The molecule has 0 aliphatic heterocycles. The molecule has 4 rings (SSSR count). The summed E-state index contributed by atoms with van der Waals surface area (Å²) in [4.78, 5) is 32.8. The molecule has 5 heteroatoms. The van der Waals surface area contributed by atoms with E-state index in [2.05, 4.69) is 0 Å². The van der Waals surface area contributed by atoms with E-state index in [4.69, 9.17) is 15.7 Å². The molecule has 0 spiro atoms. The average Bonchev–Trinajstić information content (AvgIpc) is 3.21. The van der Waals surface area contributed by atoms with Crippen LogP contribution in [0.1, 0.15) is 53.6 Å². The first-order valence-electron chi connectivity index (χ1n) is 8.58. The maximum atomic E-state index is 11.9. The number of hydrogen-bond donors (Lipinski definition) is 1. The molecule has 25 heavy (non-hydrogen) atoms. The van der Waals surface area contributed by atoms with Crippen molar-refractivity contribution in [3.63, 3.8) is 0 Å². The van der Waals surface area contributed by atoms with Crippen molar-refractivity contribution in [2.45, 2.75) is 39.0 Å². The lowest BCUT2D eigenvalue weighted by Crippen LogP contribution is -2.10. The number of hydrogen-bond acceptors (Lipinski definition) is 4. The summed E-state index contributed by atoms with van der Waals surface area (Å²) in [6.07, 6.45) is 4.22. The summed E-state index contributed by atoms with van der Waals surface area (Å²) < 4.78 is 0. The van der Waals surface area contributed by atoms with Crippen molar-refractivity contribution in [1.82, 2.24) is 9.97 Å². The van der Waals surface area contributed by atoms with Crippen LogP contribution in [0.15, 0.2) is 29.8 Å². The number of ketones is 1. The van der Waals surface area contributed by atoms with Gasteiger partial charge in [-0.05, 0) is 50.3 Å². The maximum absolute atomic E-state index is 11.9. The van der Waals surface area contributed by atoms with Gasteiger partial charge < -0.3 is 5.73 Å². The van der Waals surface area contributed by atoms with Crippen LogP contribution in [0.3, 0.4) is 0 Å². The monoisotopic (exact) mass is 333 g/mol. The Morgan fingerprint density at radius 3 is 2.44 bits per heavy atom. The topological polar surface area (TPSA) is 85.9 Å². The Morgan fingerprint density at radius 2 is 1.80 bits per heavy atom. The average molecular weight is 333 g/mol. The summed E-state index contributed by atoms with van der Waals surface area (Å²) in [5.41, 5.74) is 11.7. The molecule has 0 bridgehead atoms. The molecule has 1 aromatic carbocycles. The number of fused-ring (bicyclic) bond motifs is 1. The van der Waals surface area contributed by atoms with Gasteiger partial charge in [-0.1, -0.05) is 12.1 Å². The van der Waals surface area contributed by atoms with Gasteiger partial charge in [-0.25, -0.2) is 9.97 Å². The summed E-state index contributed by atoms with van der Waals surface area (Å²) in [5.74, 6) is 0.426. The zero-order chi connectivity index (χ0) is 17.6. The highest BCUT2D eigenvalue weighted by molar-refractivity contribution is 6.06. The van der Waals surface area contributed by atoms with Crippen molar-refractivity contribution in [3.05, 3.63) is 52.5 Å². The minimum absolute atomic E-state index is 0.187. The molecule has 0 atom stereocenters. The van der Waals surface area contributed by atoms with Crippen LogP contribution in [0.25, 0.3) is 16.8 Å². The van der Waals surface area contributed by atoms with Crippen LogP contribution >= 0.6 is 0 Å². The fourth-order valence-electron chi connectivity index (χ4n) is 3.66. The van der Waals surface area contributed by atoms with Crippen molar-refractivity contribution in [3.8, 4) is 11.3 Å². The van der Waals surface area contributed by atoms with E-state index in [9.17, 15) is 9.59 Å². The third-order valence-electron chi connectivity index (χ3n) is 5.12. The van der Waals surface area contributed by atoms with Crippen LogP contribution in [0.2, 0.25) is 0 Å². The van der Waals surface area contributed by atoms with E-state index in [0.29, 0.717) is 24.2 Å². The fraction of sp³-hybridized carbons (Fsp3) is 0.300. The Balaban J connectivity index is 1.85. The van der Waals surface area contributed by atoms with Crippen LogP contribution in [-0.4, -0.2) is 21.7 Å². The van der Waals surface area contributed by atoms with Crippen molar-refractivity contribution >= 4 is 17.3 Å². The molecule has 5 nitrogen and oxygen atoms in total. The standard InChI is InChI=1S/C20H19N3O2/c1-11-14(9-10-17(11)24)20-22-16-4-2-3-15(16)18(23-20)12-5-7-13(8-6-12)19(21)25/h5-8H,2-4,9-10H2,1H3,(H2,21,25). The molecule has 0 unspecified atom stereocenters. The zero-order valence-electron chi connectivity index (χ0n) is 14.1. The fourth-order valence-corrected chi connectivity index (χ4v) is 3.66.